The highest BCUT2D eigenvalue weighted by atomic mass is 32.2. The van der Waals surface area contributed by atoms with Crippen molar-refractivity contribution < 1.29 is 13.2 Å². The van der Waals surface area contributed by atoms with Crippen molar-refractivity contribution in [1.29, 1.82) is 0 Å². The summed E-state index contributed by atoms with van der Waals surface area (Å²) in [6.07, 6.45) is 0.610. The SMILES string of the molecule is CC(C)NC(C)(CN1CCCS(=O)(=O)CC1)C(N)=O. The number of hydrogen-bond acceptors (Lipinski definition) is 5. The molecule has 0 aromatic rings. The molecule has 6 nitrogen and oxygen atoms in total. The number of rotatable bonds is 5. The van der Waals surface area contributed by atoms with Gasteiger partial charge in [0.1, 0.15) is 5.54 Å². The summed E-state index contributed by atoms with van der Waals surface area (Å²) in [7, 11) is -2.93. The molecule has 1 unspecified atom stereocenters. The molecule has 0 spiro atoms. The lowest BCUT2D eigenvalue weighted by molar-refractivity contribution is -0.124. The number of amides is 1. The summed E-state index contributed by atoms with van der Waals surface area (Å²) < 4.78 is 23.1. The Morgan fingerprint density at radius 1 is 1.37 bits per heavy atom. The average Bonchev–Trinajstić information content (AvgIpc) is 2.39. The number of sulfone groups is 1. The van der Waals surface area contributed by atoms with E-state index in [9.17, 15) is 13.2 Å². The molecule has 19 heavy (non-hydrogen) atoms. The highest BCUT2D eigenvalue weighted by molar-refractivity contribution is 7.91. The third-order valence-corrected chi connectivity index (χ3v) is 5.05. The van der Waals surface area contributed by atoms with E-state index in [0.29, 0.717) is 26.1 Å². The van der Waals surface area contributed by atoms with Crippen molar-refractivity contribution in [3.05, 3.63) is 0 Å². The van der Waals surface area contributed by atoms with Crippen molar-refractivity contribution in [2.24, 2.45) is 5.73 Å². The second-order valence-corrected chi connectivity index (χ2v) is 8.08. The van der Waals surface area contributed by atoms with Gasteiger partial charge in [0, 0.05) is 19.1 Å². The van der Waals surface area contributed by atoms with Gasteiger partial charge in [-0.3, -0.25) is 9.69 Å². The first-order chi connectivity index (χ1) is 8.65. The Morgan fingerprint density at radius 3 is 2.53 bits per heavy atom. The molecule has 1 heterocycles. The molecular formula is C12H25N3O3S. The van der Waals surface area contributed by atoms with Gasteiger partial charge in [-0.05, 0) is 33.7 Å². The van der Waals surface area contributed by atoms with Crippen LogP contribution in [0.3, 0.4) is 0 Å². The van der Waals surface area contributed by atoms with Crippen LogP contribution in [0, 0.1) is 0 Å². The fraction of sp³-hybridized carbons (Fsp3) is 0.917. The smallest absolute Gasteiger partial charge is 0.238 e. The first-order valence-corrected chi connectivity index (χ1v) is 8.47. The molecule has 0 aromatic heterocycles. The van der Waals surface area contributed by atoms with E-state index in [0.717, 1.165) is 0 Å². The van der Waals surface area contributed by atoms with E-state index >= 15 is 0 Å². The third-order valence-electron chi connectivity index (χ3n) is 3.34. The number of carbonyl (C=O) groups is 1. The van der Waals surface area contributed by atoms with Crippen molar-refractivity contribution in [1.82, 2.24) is 10.2 Å². The van der Waals surface area contributed by atoms with Crippen LogP contribution in [0.4, 0.5) is 0 Å². The van der Waals surface area contributed by atoms with Crippen LogP contribution in [0.2, 0.25) is 0 Å². The van der Waals surface area contributed by atoms with Gasteiger partial charge in [-0.1, -0.05) is 0 Å². The van der Waals surface area contributed by atoms with Gasteiger partial charge >= 0.3 is 0 Å². The molecule has 112 valence electrons. The van der Waals surface area contributed by atoms with Gasteiger partial charge < -0.3 is 11.1 Å². The summed E-state index contributed by atoms with van der Waals surface area (Å²) in [6, 6.07) is 0.133. The van der Waals surface area contributed by atoms with E-state index in [1.54, 1.807) is 6.92 Å². The molecule has 0 aromatic carbocycles. The van der Waals surface area contributed by atoms with Gasteiger partial charge in [0.05, 0.1) is 11.5 Å². The molecule has 1 aliphatic rings. The molecule has 0 saturated carbocycles. The van der Waals surface area contributed by atoms with E-state index in [1.807, 2.05) is 18.7 Å². The standard InChI is InChI=1S/C12H25N3O3S/c1-10(2)14-12(3,11(13)16)9-15-5-4-7-19(17,18)8-6-15/h10,14H,4-9H2,1-3H3,(H2,13,16). The number of nitrogens with one attached hydrogen (secondary N) is 1. The summed E-state index contributed by atoms with van der Waals surface area (Å²) in [5, 5.41) is 3.18. The van der Waals surface area contributed by atoms with Gasteiger partial charge in [0.2, 0.25) is 5.91 Å². The molecule has 1 saturated heterocycles. The lowest BCUT2D eigenvalue weighted by Crippen LogP contribution is -2.61. The number of nitrogens with zero attached hydrogens (tertiary/aromatic N) is 1. The molecule has 3 N–H and O–H groups in total. The molecule has 0 aliphatic carbocycles. The molecule has 1 rings (SSSR count). The van der Waals surface area contributed by atoms with Crippen LogP contribution in [0.25, 0.3) is 0 Å². The molecule has 1 atom stereocenters. The Kier molecular flexibility index (Phi) is 5.34. The summed E-state index contributed by atoms with van der Waals surface area (Å²) in [4.78, 5) is 13.7. The van der Waals surface area contributed by atoms with E-state index in [4.69, 9.17) is 5.73 Å². The van der Waals surface area contributed by atoms with Crippen molar-refractivity contribution >= 4 is 15.7 Å². The predicted octanol–water partition coefficient (Wildman–Crippen LogP) is -0.651. The number of hydrogen-bond donors (Lipinski definition) is 2. The fourth-order valence-corrected chi connectivity index (χ4v) is 3.74. The highest BCUT2D eigenvalue weighted by Crippen LogP contribution is 2.12. The van der Waals surface area contributed by atoms with Crippen LogP contribution in [-0.2, 0) is 14.6 Å². The van der Waals surface area contributed by atoms with E-state index < -0.39 is 21.3 Å². The summed E-state index contributed by atoms with van der Waals surface area (Å²) in [5.74, 6) is -0.0222. The van der Waals surface area contributed by atoms with Crippen molar-refractivity contribution in [2.75, 3.05) is 31.1 Å². The molecule has 1 aliphatic heterocycles. The normalized spacial score (nSPS) is 23.8. The highest BCUT2D eigenvalue weighted by Gasteiger charge is 2.34. The van der Waals surface area contributed by atoms with Crippen LogP contribution >= 0.6 is 0 Å². The van der Waals surface area contributed by atoms with Crippen LogP contribution in [-0.4, -0.2) is 61.9 Å². The summed E-state index contributed by atoms with van der Waals surface area (Å²) in [6.45, 7) is 7.26. The van der Waals surface area contributed by atoms with Gasteiger partial charge in [-0.25, -0.2) is 8.42 Å². The topological polar surface area (TPSA) is 92.5 Å². The average molecular weight is 291 g/mol. The van der Waals surface area contributed by atoms with Gasteiger partial charge in [0.25, 0.3) is 0 Å². The molecule has 0 radical (unpaired) electrons. The van der Waals surface area contributed by atoms with Gasteiger partial charge in [-0.2, -0.15) is 0 Å². The Balaban J connectivity index is 2.72. The Bertz CT molecular complexity index is 422. The van der Waals surface area contributed by atoms with Gasteiger partial charge in [0.15, 0.2) is 9.84 Å². The Hall–Kier alpha value is -0.660. The Labute approximate surface area is 115 Å². The first kappa shape index (κ1) is 16.4. The quantitative estimate of drug-likeness (QED) is 0.702. The predicted molar refractivity (Wildman–Crippen MR) is 75.6 cm³/mol. The molecule has 1 fully saturated rings. The van der Waals surface area contributed by atoms with Crippen LogP contribution in [0.1, 0.15) is 27.2 Å². The summed E-state index contributed by atoms with van der Waals surface area (Å²) in [5.41, 5.74) is 4.65. The number of carbonyl (C=O) groups excluding carboxylic acids is 1. The molecule has 7 heteroatoms. The second-order valence-electron chi connectivity index (χ2n) is 5.78. The molecular weight excluding hydrogens is 266 g/mol. The molecule has 1 amide bonds. The third kappa shape index (κ3) is 5.08. The zero-order valence-electron chi connectivity index (χ0n) is 12.0. The lowest BCUT2D eigenvalue weighted by Gasteiger charge is -2.34. The Morgan fingerprint density at radius 2 is 2.00 bits per heavy atom. The van der Waals surface area contributed by atoms with Crippen LogP contribution in [0.5, 0.6) is 0 Å². The van der Waals surface area contributed by atoms with E-state index in [-0.39, 0.29) is 17.5 Å². The minimum absolute atomic E-state index is 0.133. The minimum atomic E-state index is -2.93. The van der Waals surface area contributed by atoms with Crippen LogP contribution < -0.4 is 11.1 Å². The van der Waals surface area contributed by atoms with E-state index in [2.05, 4.69) is 5.32 Å². The maximum absolute atomic E-state index is 11.7. The lowest BCUT2D eigenvalue weighted by atomic mass is 9.99. The summed E-state index contributed by atoms with van der Waals surface area (Å²) >= 11 is 0. The van der Waals surface area contributed by atoms with Crippen molar-refractivity contribution in [2.45, 2.75) is 38.8 Å². The first-order valence-electron chi connectivity index (χ1n) is 6.65. The van der Waals surface area contributed by atoms with Crippen LogP contribution in [0.15, 0.2) is 0 Å². The van der Waals surface area contributed by atoms with Crippen molar-refractivity contribution in [3.8, 4) is 0 Å². The number of nitrogens with two attached hydrogens (primary N) is 1. The fourth-order valence-electron chi connectivity index (χ4n) is 2.43. The monoisotopic (exact) mass is 291 g/mol. The second kappa shape index (κ2) is 6.19. The minimum Gasteiger partial charge on any atom is -0.368 e. The molecule has 0 bridgehead atoms. The van der Waals surface area contributed by atoms with E-state index in [1.165, 1.54) is 0 Å². The zero-order valence-corrected chi connectivity index (χ0v) is 12.8. The largest absolute Gasteiger partial charge is 0.368 e. The van der Waals surface area contributed by atoms with Crippen molar-refractivity contribution in [3.63, 3.8) is 0 Å². The maximum Gasteiger partial charge on any atom is 0.238 e. The number of primary amides is 1. The van der Waals surface area contributed by atoms with Gasteiger partial charge in [-0.15, -0.1) is 0 Å². The zero-order chi connectivity index (χ0) is 14.7. The maximum atomic E-state index is 11.7.